The van der Waals surface area contributed by atoms with E-state index in [1.165, 1.54) is 12.1 Å². The van der Waals surface area contributed by atoms with Gasteiger partial charge < -0.3 is 10.3 Å². The van der Waals surface area contributed by atoms with Crippen molar-refractivity contribution in [3.8, 4) is 0 Å². The van der Waals surface area contributed by atoms with E-state index in [0.717, 1.165) is 5.56 Å². The van der Waals surface area contributed by atoms with Crippen molar-refractivity contribution in [1.82, 2.24) is 5.16 Å². The highest BCUT2D eigenvalue weighted by Crippen LogP contribution is 2.22. The summed E-state index contributed by atoms with van der Waals surface area (Å²) < 4.78 is 31.8. The molecular formula is C13H17N3O3S. The highest BCUT2D eigenvalue weighted by molar-refractivity contribution is 7.92. The Balaban J connectivity index is 2.28. The van der Waals surface area contributed by atoms with Gasteiger partial charge in [0.25, 0.3) is 10.0 Å². The summed E-state index contributed by atoms with van der Waals surface area (Å²) in [6.07, 6.45) is 0. The number of hydrogen-bond acceptors (Lipinski definition) is 5. The second-order valence-electron chi connectivity index (χ2n) is 4.69. The molecule has 0 fully saturated rings. The van der Waals surface area contributed by atoms with Gasteiger partial charge in [0.15, 0.2) is 0 Å². The molecule has 0 aliphatic heterocycles. The van der Waals surface area contributed by atoms with Gasteiger partial charge in [-0.25, -0.2) is 13.1 Å². The maximum Gasteiger partial charge on any atom is 0.264 e. The molecule has 20 heavy (non-hydrogen) atoms. The predicted octanol–water partition coefficient (Wildman–Crippen LogP) is 2.11. The Bertz CT molecular complexity index is 703. The summed E-state index contributed by atoms with van der Waals surface area (Å²) in [6.45, 7) is 5.32. The molecule has 0 aliphatic rings. The molecular weight excluding hydrogens is 278 g/mol. The van der Waals surface area contributed by atoms with Crippen molar-refractivity contribution >= 4 is 15.9 Å². The third kappa shape index (κ3) is 2.83. The van der Waals surface area contributed by atoms with E-state index >= 15 is 0 Å². The fraction of sp³-hybridized carbons (Fsp3) is 0.308. The van der Waals surface area contributed by atoms with Crippen LogP contribution in [0.25, 0.3) is 0 Å². The van der Waals surface area contributed by atoms with Crippen LogP contribution in [0.2, 0.25) is 0 Å². The van der Waals surface area contributed by atoms with Gasteiger partial charge in [-0.15, -0.1) is 0 Å². The van der Waals surface area contributed by atoms with Crippen LogP contribution in [0.15, 0.2) is 33.7 Å². The van der Waals surface area contributed by atoms with E-state index in [4.69, 9.17) is 10.3 Å². The fourth-order valence-electron chi connectivity index (χ4n) is 1.64. The Hall–Kier alpha value is -1.86. The highest BCUT2D eigenvalue weighted by Gasteiger charge is 2.19. The van der Waals surface area contributed by atoms with E-state index in [2.05, 4.69) is 9.88 Å². The molecule has 0 spiro atoms. The molecule has 0 saturated heterocycles. The minimum Gasteiger partial charge on any atom is -0.337 e. The molecule has 0 aliphatic carbocycles. The molecule has 1 aromatic heterocycles. The van der Waals surface area contributed by atoms with Gasteiger partial charge in [0, 0.05) is 11.6 Å². The van der Waals surface area contributed by atoms with E-state index < -0.39 is 10.0 Å². The van der Waals surface area contributed by atoms with Crippen LogP contribution < -0.4 is 10.5 Å². The monoisotopic (exact) mass is 295 g/mol. The zero-order chi connectivity index (χ0) is 14.9. The van der Waals surface area contributed by atoms with Crippen LogP contribution >= 0.6 is 0 Å². The van der Waals surface area contributed by atoms with Gasteiger partial charge in [-0.2, -0.15) is 0 Å². The normalized spacial score (nSPS) is 13.2. The van der Waals surface area contributed by atoms with Crippen LogP contribution in [-0.2, 0) is 10.0 Å². The van der Waals surface area contributed by atoms with Crippen molar-refractivity contribution in [3.63, 3.8) is 0 Å². The highest BCUT2D eigenvalue weighted by atomic mass is 32.2. The largest absolute Gasteiger partial charge is 0.337 e. The molecule has 0 saturated carbocycles. The van der Waals surface area contributed by atoms with E-state index in [0.29, 0.717) is 11.3 Å². The van der Waals surface area contributed by atoms with Gasteiger partial charge in [-0.1, -0.05) is 17.3 Å². The first-order chi connectivity index (χ1) is 9.31. The van der Waals surface area contributed by atoms with Crippen LogP contribution in [0.3, 0.4) is 0 Å². The molecule has 3 N–H and O–H groups in total. The zero-order valence-electron chi connectivity index (χ0n) is 11.5. The van der Waals surface area contributed by atoms with Crippen molar-refractivity contribution < 1.29 is 12.9 Å². The second kappa shape index (κ2) is 5.26. The quantitative estimate of drug-likeness (QED) is 0.900. The molecule has 0 amide bonds. The maximum atomic E-state index is 12.2. The standard InChI is InChI=1S/C13H17N3O3S/c1-8-10(3)15-19-13(8)16-20(17,18)12-6-4-11(5-7-12)9(2)14/h4-7,9,16H,14H2,1-3H3. The number of aromatic nitrogens is 1. The smallest absolute Gasteiger partial charge is 0.264 e. The molecule has 1 unspecified atom stereocenters. The molecule has 108 valence electrons. The van der Waals surface area contributed by atoms with E-state index in [9.17, 15) is 8.42 Å². The number of hydrogen-bond donors (Lipinski definition) is 2. The summed E-state index contributed by atoms with van der Waals surface area (Å²) in [6, 6.07) is 6.27. The molecule has 0 radical (unpaired) electrons. The van der Waals surface area contributed by atoms with Gasteiger partial charge in [-0.3, -0.25) is 0 Å². The average molecular weight is 295 g/mol. The van der Waals surface area contributed by atoms with Crippen molar-refractivity contribution in [2.24, 2.45) is 5.73 Å². The van der Waals surface area contributed by atoms with E-state index in [1.54, 1.807) is 26.0 Å². The first-order valence-corrected chi connectivity index (χ1v) is 7.61. The Labute approximate surface area is 118 Å². The number of nitrogens with two attached hydrogens (primary N) is 1. The lowest BCUT2D eigenvalue weighted by atomic mass is 10.1. The fourth-order valence-corrected chi connectivity index (χ4v) is 2.69. The molecule has 7 heteroatoms. The van der Waals surface area contributed by atoms with Crippen molar-refractivity contribution in [2.75, 3.05) is 4.72 Å². The number of benzene rings is 1. The third-order valence-electron chi connectivity index (χ3n) is 3.10. The summed E-state index contributed by atoms with van der Waals surface area (Å²) >= 11 is 0. The van der Waals surface area contributed by atoms with Crippen molar-refractivity contribution in [1.29, 1.82) is 0 Å². The van der Waals surface area contributed by atoms with Crippen LogP contribution in [0, 0.1) is 13.8 Å². The molecule has 1 atom stereocenters. The van der Waals surface area contributed by atoms with Crippen molar-refractivity contribution in [2.45, 2.75) is 31.7 Å². The Morgan fingerprint density at radius 3 is 2.30 bits per heavy atom. The predicted molar refractivity (Wildman–Crippen MR) is 75.8 cm³/mol. The van der Waals surface area contributed by atoms with Gasteiger partial charge in [0.05, 0.1) is 10.6 Å². The van der Waals surface area contributed by atoms with Crippen LogP contribution in [0.4, 0.5) is 5.88 Å². The number of aryl methyl sites for hydroxylation is 1. The van der Waals surface area contributed by atoms with Gasteiger partial charge in [0.1, 0.15) is 0 Å². The molecule has 1 aromatic carbocycles. The SMILES string of the molecule is Cc1noc(NS(=O)(=O)c2ccc(C(C)N)cc2)c1C. The van der Waals surface area contributed by atoms with Gasteiger partial charge in [0.2, 0.25) is 5.88 Å². The summed E-state index contributed by atoms with van der Waals surface area (Å²) in [5, 5.41) is 3.71. The van der Waals surface area contributed by atoms with Gasteiger partial charge >= 0.3 is 0 Å². The summed E-state index contributed by atoms with van der Waals surface area (Å²) in [7, 11) is -3.69. The zero-order valence-corrected chi connectivity index (χ0v) is 12.4. The molecule has 1 heterocycles. The summed E-state index contributed by atoms with van der Waals surface area (Å²) in [5.74, 6) is 0.138. The topological polar surface area (TPSA) is 98.2 Å². The van der Waals surface area contributed by atoms with Crippen LogP contribution in [0.5, 0.6) is 0 Å². The van der Waals surface area contributed by atoms with Crippen LogP contribution in [-0.4, -0.2) is 13.6 Å². The van der Waals surface area contributed by atoms with E-state index in [1.807, 2.05) is 6.92 Å². The first kappa shape index (κ1) is 14.5. The summed E-state index contributed by atoms with van der Waals surface area (Å²) in [4.78, 5) is 0.148. The Morgan fingerprint density at radius 2 is 1.85 bits per heavy atom. The lowest BCUT2D eigenvalue weighted by Gasteiger charge is -2.08. The first-order valence-electron chi connectivity index (χ1n) is 6.12. The maximum absolute atomic E-state index is 12.2. The van der Waals surface area contributed by atoms with Crippen molar-refractivity contribution in [3.05, 3.63) is 41.1 Å². The third-order valence-corrected chi connectivity index (χ3v) is 4.45. The van der Waals surface area contributed by atoms with E-state index in [-0.39, 0.29) is 16.8 Å². The number of anilines is 1. The lowest BCUT2D eigenvalue weighted by Crippen LogP contribution is -2.13. The molecule has 2 aromatic rings. The number of nitrogens with zero attached hydrogens (tertiary/aromatic N) is 1. The minimum absolute atomic E-state index is 0.138. The molecule has 6 nitrogen and oxygen atoms in total. The average Bonchev–Trinajstić information content (AvgIpc) is 2.70. The van der Waals surface area contributed by atoms with Gasteiger partial charge in [-0.05, 0) is 38.5 Å². The summed E-state index contributed by atoms with van der Waals surface area (Å²) in [5.41, 5.74) is 7.92. The number of sulfonamides is 1. The van der Waals surface area contributed by atoms with Crippen LogP contribution in [0.1, 0.15) is 29.8 Å². The Morgan fingerprint density at radius 1 is 1.25 bits per heavy atom. The lowest BCUT2D eigenvalue weighted by molar-refractivity contribution is 0.430. The molecule has 0 bridgehead atoms. The number of nitrogens with one attached hydrogen (secondary N) is 1. The number of rotatable bonds is 4. The molecule has 2 rings (SSSR count). The second-order valence-corrected chi connectivity index (χ2v) is 6.37. The Kier molecular flexibility index (Phi) is 3.82. The minimum atomic E-state index is -3.69.